The average Bonchev–Trinajstić information content (AvgIpc) is 2.79. The van der Waals surface area contributed by atoms with Gasteiger partial charge in [0.15, 0.2) is 0 Å². The predicted octanol–water partition coefficient (Wildman–Crippen LogP) is 4.47. The normalized spacial score (nSPS) is 17.7. The Labute approximate surface area is 190 Å². The average molecular weight is 429 g/mol. The number of amides is 1. The number of carbonyl (C=O) groups is 1. The largest absolute Gasteiger partial charge is 0.358 e. The number of rotatable bonds is 6. The van der Waals surface area contributed by atoms with Gasteiger partial charge in [0.25, 0.3) is 5.91 Å². The van der Waals surface area contributed by atoms with E-state index in [9.17, 15) is 4.79 Å². The van der Waals surface area contributed by atoms with E-state index in [1.54, 1.807) is 0 Å². The number of likely N-dealkylation sites (N-methyl/N-ethyl adjacent to an activating group) is 1. The van der Waals surface area contributed by atoms with Crippen LogP contribution in [0.5, 0.6) is 0 Å². The minimum atomic E-state index is -0.110. The number of anilines is 1. The van der Waals surface area contributed by atoms with Gasteiger partial charge in [-0.1, -0.05) is 55.1 Å². The maximum absolute atomic E-state index is 13.2. The molecule has 166 valence electrons. The Bertz CT molecular complexity index is 1130. The standard InChI is InChI=1S/C27H32N4O/c1-18-12-13-22(29-20(3)26-17-31(4)15-14-28-26)16-25(18)27(32)30-19(2)23-11-7-9-21-8-5-6-10-24(21)23/h5-13,16,19,26,28-29H,3,14-15,17H2,1-2,4H3,(H,30,32)/t19-,26?/m1/s1. The van der Waals surface area contributed by atoms with Crippen LogP contribution in [-0.4, -0.2) is 43.5 Å². The molecule has 0 bridgehead atoms. The predicted molar refractivity (Wildman–Crippen MR) is 133 cm³/mol. The quantitative estimate of drug-likeness (QED) is 0.542. The van der Waals surface area contributed by atoms with Crippen LogP contribution in [0.25, 0.3) is 10.8 Å². The van der Waals surface area contributed by atoms with Crippen LogP contribution >= 0.6 is 0 Å². The summed E-state index contributed by atoms with van der Waals surface area (Å²) in [5.41, 5.74) is 4.52. The van der Waals surface area contributed by atoms with Gasteiger partial charge in [0.2, 0.25) is 0 Å². The van der Waals surface area contributed by atoms with Gasteiger partial charge >= 0.3 is 0 Å². The Morgan fingerprint density at radius 3 is 2.75 bits per heavy atom. The first kappa shape index (κ1) is 22.1. The number of hydrogen-bond acceptors (Lipinski definition) is 4. The SMILES string of the molecule is C=C(Nc1ccc(C)c(C(=O)N[C@H](C)c2cccc3ccccc23)c1)C1CN(C)CCN1. The summed E-state index contributed by atoms with van der Waals surface area (Å²) in [4.78, 5) is 15.5. The monoisotopic (exact) mass is 428 g/mol. The van der Waals surface area contributed by atoms with Crippen molar-refractivity contribution >= 4 is 22.4 Å². The van der Waals surface area contributed by atoms with E-state index in [4.69, 9.17) is 0 Å². The van der Waals surface area contributed by atoms with Gasteiger partial charge < -0.3 is 20.9 Å². The maximum Gasteiger partial charge on any atom is 0.252 e. The van der Waals surface area contributed by atoms with Gasteiger partial charge in [-0.05, 0) is 54.9 Å². The first-order chi connectivity index (χ1) is 15.4. The molecule has 5 nitrogen and oxygen atoms in total. The van der Waals surface area contributed by atoms with Crippen molar-refractivity contribution in [1.29, 1.82) is 0 Å². The van der Waals surface area contributed by atoms with Crippen molar-refractivity contribution in [1.82, 2.24) is 15.5 Å². The Balaban J connectivity index is 1.49. The second-order valence-electron chi connectivity index (χ2n) is 8.71. The summed E-state index contributed by atoms with van der Waals surface area (Å²) in [7, 11) is 2.12. The lowest BCUT2D eigenvalue weighted by Crippen LogP contribution is -2.50. The van der Waals surface area contributed by atoms with Crippen LogP contribution in [0.15, 0.2) is 72.9 Å². The van der Waals surface area contributed by atoms with Crippen molar-refractivity contribution in [2.24, 2.45) is 0 Å². The fourth-order valence-corrected chi connectivity index (χ4v) is 4.33. The molecule has 0 spiro atoms. The Morgan fingerprint density at radius 1 is 1.16 bits per heavy atom. The van der Waals surface area contributed by atoms with Gasteiger partial charge in [0.1, 0.15) is 0 Å². The Kier molecular flexibility index (Phi) is 6.58. The molecule has 3 aromatic carbocycles. The summed E-state index contributed by atoms with van der Waals surface area (Å²) in [5, 5.41) is 12.4. The zero-order chi connectivity index (χ0) is 22.7. The Morgan fingerprint density at radius 2 is 1.94 bits per heavy atom. The van der Waals surface area contributed by atoms with E-state index < -0.39 is 0 Å². The number of nitrogens with zero attached hydrogens (tertiary/aromatic N) is 1. The highest BCUT2D eigenvalue weighted by Crippen LogP contribution is 2.25. The molecule has 1 aliphatic rings. The molecule has 0 aliphatic carbocycles. The van der Waals surface area contributed by atoms with E-state index in [-0.39, 0.29) is 18.0 Å². The van der Waals surface area contributed by atoms with Crippen molar-refractivity contribution in [3.05, 3.63) is 89.6 Å². The summed E-state index contributed by atoms with van der Waals surface area (Å²) in [5.74, 6) is -0.0762. The number of hydrogen-bond donors (Lipinski definition) is 3. The number of carbonyl (C=O) groups excluding carboxylic acids is 1. The van der Waals surface area contributed by atoms with Crippen LogP contribution in [0.4, 0.5) is 5.69 Å². The van der Waals surface area contributed by atoms with Crippen molar-refractivity contribution in [3.8, 4) is 0 Å². The molecular weight excluding hydrogens is 396 g/mol. The number of nitrogens with one attached hydrogen (secondary N) is 3. The number of benzene rings is 3. The lowest BCUT2D eigenvalue weighted by Gasteiger charge is -2.32. The summed E-state index contributed by atoms with van der Waals surface area (Å²) in [6, 6.07) is 20.4. The second-order valence-corrected chi connectivity index (χ2v) is 8.71. The van der Waals surface area contributed by atoms with E-state index in [2.05, 4.69) is 58.7 Å². The zero-order valence-corrected chi connectivity index (χ0v) is 19.1. The Hall–Kier alpha value is -3.15. The van der Waals surface area contributed by atoms with Gasteiger partial charge in [-0.3, -0.25) is 4.79 Å². The first-order valence-corrected chi connectivity index (χ1v) is 11.2. The highest BCUT2D eigenvalue weighted by molar-refractivity contribution is 5.97. The molecule has 1 saturated heterocycles. The van der Waals surface area contributed by atoms with Crippen LogP contribution in [0.2, 0.25) is 0 Å². The molecule has 1 unspecified atom stereocenters. The fraction of sp³-hybridized carbons (Fsp3) is 0.296. The lowest BCUT2D eigenvalue weighted by atomic mass is 9.99. The number of piperazine rings is 1. The molecule has 0 saturated carbocycles. The van der Waals surface area contributed by atoms with Gasteiger partial charge in [-0.25, -0.2) is 0 Å². The van der Waals surface area contributed by atoms with Gasteiger partial charge in [0.05, 0.1) is 12.1 Å². The smallest absolute Gasteiger partial charge is 0.252 e. The molecule has 3 aromatic rings. The van der Waals surface area contributed by atoms with Crippen LogP contribution < -0.4 is 16.0 Å². The highest BCUT2D eigenvalue weighted by atomic mass is 16.1. The van der Waals surface area contributed by atoms with Crippen LogP contribution in [0, 0.1) is 6.92 Å². The highest BCUT2D eigenvalue weighted by Gasteiger charge is 2.20. The molecule has 5 heteroatoms. The molecule has 0 aromatic heterocycles. The van der Waals surface area contributed by atoms with Crippen molar-refractivity contribution < 1.29 is 4.79 Å². The summed E-state index contributed by atoms with van der Waals surface area (Å²) in [6.45, 7) is 11.1. The zero-order valence-electron chi connectivity index (χ0n) is 19.1. The van der Waals surface area contributed by atoms with E-state index in [1.807, 2.05) is 50.2 Å². The van der Waals surface area contributed by atoms with Crippen molar-refractivity contribution in [2.45, 2.75) is 25.9 Å². The van der Waals surface area contributed by atoms with E-state index >= 15 is 0 Å². The molecule has 4 rings (SSSR count). The second kappa shape index (κ2) is 9.55. The minimum Gasteiger partial charge on any atom is -0.358 e. The van der Waals surface area contributed by atoms with Crippen molar-refractivity contribution in [2.75, 3.05) is 32.0 Å². The van der Waals surface area contributed by atoms with Gasteiger partial charge in [0, 0.05) is 36.6 Å². The molecule has 2 atom stereocenters. The molecule has 1 aliphatic heterocycles. The molecule has 1 fully saturated rings. The first-order valence-electron chi connectivity index (χ1n) is 11.2. The molecule has 32 heavy (non-hydrogen) atoms. The number of aryl methyl sites for hydroxylation is 1. The lowest BCUT2D eigenvalue weighted by molar-refractivity contribution is 0.0939. The third-order valence-corrected chi connectivity index (χ3v) is 6.22. The molecule has 1 heterocycles. The minimum absolute atomic E-state index is 0.0762. The van der Waals surface area contributed by atoms with E-state index in [0.29, 0.717) is 5.56 Å². The molecule has 3 N–H and O–H groups in total. The molecule has 0 radical (unpaired) electrons. The summed E-state index contributed by atoms with van der Waals surface area (Å²) in [6.07, 6.45) is 0. The fourth-order valence-electron chi connectivity index (χ4n) is 4.33. The van der Waals surface area contributed by atoms with Crippen LogP contribution in [0.1, 0.15) is 34.5 Å². The maximum atomic E-state index is 13.2. The third kappa shape index (κ3) is 4.85. The topological polar surface area (TPSA) is 56.4 Å². The molecular formula is C27H32N4O. The summed E-state index contributed by atoms with van der Waals surface area (Å²) >= 11 is 0. The van der Waals surface area contributed by atoms with Gasteiger partial charge in [-0.15, -0.1) is 0 Å². The van der Waals surface area contributed by atoms with Crippen molar-refractivity contribution in [3.63, 3.8) is 0 Å². The van der Waals surface area contributed by atoms with Gasteiger partial charge in [-0.2, -0.15) is 0 Å². The number of fused-ring (bicyclic) bond motifs is 1. The van der Waals surface area contributed by atoms with Crippen LogP contribution in [0.3, 0.4) is 0 Å². The summed E-state index contributed by atoms with van der Waals surface area (Å²) < 4.78 is 0. The van der Waals surface area contributed by atoms with E-state index in [0.717, 1.165) is 47.5 Å². The third-order valence-electron chi connectivity index (χ3n) is 6.22. The van der Waals surface area contributed by atoms with Crippen LogP contribution in [-0.2, 0) is 0 Å². The van der Waals surface area contributed by atoms with E-state index in [1.165, 1.54) is 5.39 Å². The molecule has 1 amide bonds.